The van der Waals surface area contributed by atoms with E-state index < -0.39 is 6.09 Å². The fraction of sp³-hybridized carbons (Fsp3) is 0.394. The molecular formula is C33H37NO9. The Morgan fingerprint density at radius 2 is 1.77 bits per heavy atom. The third kappa shape index (κ3) is 7.77. The first kappa shape index (κ1) is 30.2. The minimum atomic E-state index is -0.955. The van der Waals surface area contributed by atoms with E-state index in [9.17, 15) is 14.7 Å². The van der Waals surface area contributed by atoms with E-state index in [4.69, 9.17) is 28.4 Å². The molecule has 0 aromatic heterocycles. The maximum Gasteiger partial charge on any atom is 0.407 e. The summed E-state index contributed by atoms with van der Waals surface area (Å²) in [7, 11) is 1.65. The van der Waals surface area contributed by atoms with E-state index in [1.807, 2.05) is 48.5 Å². The first-order valence-electron chi connectivity index (χ1n) is 14.5. The molecule has 2 aliphatic rings. The van der Waals surface area contributed by atoms with Crippen LogP contribution >= 0.6 is 0 Å². The monoisotopic (exact) mass is 591 g/mol. The summed E-state index contributed by atoms with van der Waals surface area (Å²) >= 11 is 0. The molecule has 0 bridgehead atoms. The number of hydrogen-bond acceptors (Lipinski definition) is 8. The predicted molar refractivity (Wildman–Crippen MR) is 157 cm³/mol. The smallest absolute Gasteiger partial charge is 0.407 e. The lowest BCUT2D eigenvalue weighted by Crippen LogP contribution is -2.46. The van der Waals surface area contributed by atoms with Crippen molar-refractivity contribution in [2.45, 2.75) is 38.1 Å². The normalized spacial score (nSPS) is 17.7. The van der Waals surface area contributed by atoms with Gasteiger partial charge in [-0.1, -0.05) is 36.4 Å². The number of benzene rings is 3. The lowest BCUT2D eigenvalue weighted by Gasteiger charge is -2.37. The number of ether oxygens (including phenoxy) is 6. The molecule has 10 nitrogen and oxygen atoms in total. The Kier molecular flexibility index (Phi) is 10.4. The number of piperidine rings is 1. The maximum atomic E-state index is 11.8. The van der Waals surface area contributed by atoms with Crippen LogP contribution in [0.3, 0.4) is 0 Å². The number of methoxy groups -OCH3 is 1. The van der Waals surface area contributed by atoms with Crippen molar-refractivity contribution in [3.05, 3.63) is 89.0 Å². The summed E-state index contributed by atoms with van der Waals surface area (Å²) in [5.41, 5.74) is 3.34. The van der Waals surface area contributed by atoms with Gasteiger partial charge in [-0.2, -0.15) is 0 Å². The fourth-order valence-electron chi connectivity index (χ4n) is 5.41. The lowest BCUT2D eigenvalue weighted by atomic mass is 9.87. The molecule has 2 atom stereocenters. The number of esters is 1. The van der Waals surface area contributed by atoms with Gasteiger partial charge in [0.15, 0.2) is 0 Å². The van der Waals surface area contributed by atoms with Crippen LogP contribution in [0.25, 0.3) is 0 Å². The molecule has 228 valence electrons. The highest BCUT2D eigenvalue weighted by atomic mass is 16.5. The molecule has 0 aliphatic carbocycles. The predicted octanol–water partition coefficient (Wildman–Crippen LogP) is 5.28. The molecule has 10 heteroatoms. The maximum absolute atomic E-state index is 11.8. The average Bonchev–Trinajstić information content (AvgIpc) is 3.42. The standard InChI is InChI=1S/C33H37NO9/c1-38-29-8-3-2-6-24(29)21-39-16-5-17-40-25-12-10-23(11-13-25)26-14-15-34(33(36)37)20-31(26)42-19-18-41-30-9-4-7-27-28(30)22-43-32(27)35/h2-4,6-13,26,31H,5,14-22H2,1H3,(H,36,37). The molecule has 2 unspecified atom stereocenters. The van der Waals surface area contributed by atoms with Gasteiger partial charge in [0.1, 0.15) is 30.5 Å². The Morgan fingerprint density at radius 3 is 2.58 bits per heavy atom. The van der Waals surface area contributed by atoms with E-state index in [1.165, 1.54) is 4.90 Å². The van der Waals surface area contributed by atoms with Crippen molar-refractivity contribution in [2.24, 2.45) is 0 Å². The van der Waals surface area contributed by atoms with Crippen LogP contribution in [-0.4, -0.2) is 74.8 Å². The van der Waals surface area contributed by atoms with Crippen molar-refractivity contribution in [3.63, 3.8) is 0 Å². The Hall–Kier alpha value is -4.28. The van der Waals surface area contributed by atoms with Gasteiger partial charge in [-0.05, 0) is 42.3 Å². The van der Waals surface area contributed by atoms with Crippen LogP contribution in [0, 0.1) is 0 Å². The van der Waals surface area contributed by atoms with E-state index in [1.54, 1.807) is 25.3 Å². The van der Waals surface area contributed by atoms with Crippen molar-refractivity contribution >= 4 is 12.1 Å². The van der Waals surface area contributed by atoms with Crippen molar-refractivity contribution in [2.75, 3.05) is 46.6 Å². The molecule has 1 fully saturated rings. The molecular weight excluding hydrogens is 554 g/mol. The SMILES string of the molecule is COc1ccccc1COCCCOc1ccc(C2CCN(C(=O)O)CC2OCCOc2cccc3c2COC3=O)cc1. The zero-order valence-corrected chi connectivity index (χ0v) is 24.2. The number of hydrogen-bond donors (Lipinski definition) is 1. The molecule has 43 heavy (non-hydrogen) atoms. The number of carbonyl (C=O) groups is 2. The first-order chi connectivity index (χ1) is 21.0. The second-order valence-corrected chi connectivity index (χ2v) is 10.4. The zero-order valence-electron chi connectivity index (χ0n) is 24.2. The molecule has 1 saturated heterocycles. The second kappa shape index (κ2) is 14.8. The van der Waals surface area contributed by atoms with Crippen LogP contribution in [0.1, 0.15) is 45.8 Å². The van der Waals surface area contributed by atoms with Gasteiger partial charge in [0.05, 0.1) is 51.7 Å². The van der Waals surface area contributed by atoms with Gasteiger partial charge < -0.3 is 38.4 Å². The highest BCUT2D eigenvalue weighted by molar-refractivity contribution is 5.94. The molecule has 0 radical (unpaired) electrons. The molecule has 2 aliphatic heterocycles. The van der Waals surface area contributed by atoms with Crippen LogP contribution in [0.5, 0.6) is 17.2 Å². The summed E-state index contributed by atoms with van der Waals surface area (Å²) in [6.45, 7) is 3.02. The Labute approximate surface area is 251 Å². The quantitative estimate of drug-likeness (QED) is 0.198. The number of carbonyl (C=O) groups excluding carboxylic acids is 1. The number of fused-ring (bicyclic) bond motifs is 1. The highest BCUT2D eigenvalue weighted by Crippen LogP contribution is 2.32. The van der Waals surface area contributed by atoms with Gasteiger partial charge in [-0.25, -0.2) is 9.59 Å². The van der Waals surface area contributed by atoms with Crippen molar-refractivity contribution in [1.82, 2.24) is 4.90 Å². The fourth-order valence-corrected chi connectivity index (χ4v) is 5.41. The van der Waals surface area contributed by atoms with Crippen LogP contribution < -0.4 is 14.2 Å². The molecule has 0 spiro atoms. The Morgan fingerprint density at radius 1 is 0.953 bits per heavy atom. The van der Waals surface area contributed by atoms with Gasteiger partial charge >= 0.3 is 12.1 Å². The molecule has 1 amide bonds. The molecule has 1 N–H and O–H groups in total. The van der Waals surface area contributed by atoms with Gasteiger partial charge in [0.25, 0.3) is 0 Å². The van der Waals surface area contributed by atoms with Gasteiger partial charge in [0.2, 0.25) is 0 Å². The van der Waals surface area contributed by atoms with Crippen molar-refractivity contribution < 1.29 is 43.1 Å². The van der Waals surface area contributed by atoms with Crippen molar-refractivity contribution in [3.8, 4) is 17.2 Å². The third-order valence-electron chi connectivity index (χ3n) is 7.66. The average molecular weight is 592 g/mol. The number of para-hydroxylation sites is 1. The zero-order chi connectivity index (χ0) is 30.0. The molecule has 0 saturated carbocycles. The van der Waals surface area contributed by atoms with Gasteiger partial charge in [-0.15, -0.1) is 0 Å². The first-order valence-corrected chi connectivity index (χ1v) is 14.5. The van der Waals surface area contributed by atoms with E-state index in [2.05, 4.69) is 0 Å². The topological polar surface area (TPSA) is 113 Å². The summed E-state index contributed by atoms with van der Waals surface area (Å²) in [4.78, 5) is 24.9. The molecule has 2 heterocycles. The van der Waals surface area contributed by atoms with E-state index in [0.717, 1.165) is 34.6 Å². The summed E-state index contributed by atoms with van der Waals surface area (Å²) in [5.74, 6) is 1.86. The number of carboxylic acid groups (broad SMARTS) is 1. The number of amides is 1. The number of nitrogens with zero attached hydrogens (tertiary/aromatic N) is 1. The second-order valence-electron chi connectivity index (χ2n) is 10.4. The highest BCUT2D eigenvalue weighted by Gasteiger charge is 2.33. The summed E-state index contributed by atoms with van der Waals surface area (Å²) < 4.78 is 34.2. The largest absolute Gasteiger partial charge is 0.496 e. The van der Waals surface area contributed by atoms with E-state index >= 15 is 0 Å². The summed E-state index contributed by atoms with van der Waals surface area (Å²) in [6, 6.07) is 21.0. The van der Waals surface area contributed by atoms with Crippen molar-refractivity contribution in [1.29, 1.82) is 0 Å². The third-order valence-corrected chi connectivity index (χ3v) is 7.66. The van der Waals surface area contributed by atoms with Crippen LogP contribution in [-0.2, 0) is 27.4 Å². The minimum absolute atomic E-state index is 0.0278. The number of likely N-dealkylation sites (tertiary alicyclic amines) is 1. The van der Waals surface area contributed by atoms with Gasteiger partial charge in [0, 0.05) is 30.0 Å². The molecule has 3 aromatic rings. The van der Waals surface area contributed by atoms with E-state index in [0.29, 0.717) is 44.1 Å². The summed E-state index contributed by atoms with van der Waals surface area (Å²) in [6.07, 6.45) is 0.112. The molecule has 5 rings (SSSR count). The minimum Gasteiger partial charge on any atom is -0.496 e. The summed E-state index contributed by atoms with van der Waals surface area (Å²) in [5, 5.41) is 9.57. The number of rotatable bonds is 14. The van der Waals surface area contributed by atoms with Gasteiger partial charge in [-0.3, -0.25) is 0 Å². The number of cyclic esters (lactones) is 1. The molecule has 3 aromatic carbocycles. The lowest BCUT2D eigenvalue weighted by molar-refractivity contribution is -0.0207. The Bertz CT molecular complexity index is 1380. The Balaban J connectivity index is 1.09. The van der Waals surface area contributed by atoms with Crippen LogP contribution in [0.15, 0.2) is 66.7 Å². The van der Waals surface area contributed by atoms with Crippen LogP contribution in [0.2, 0.25) is 0 Å². The van der Waals surface area contributed by atoms with E-state index in [-0.39, 0.29) is 44.4 Å². The van der Waals surface area contributed by atoms with Crippen LogP contribution in [0.4, 0.5) is 4.79 Å².